The molecule has 0 aromatic carbocycles. The van der Waals surface area contributed by atoms with Crippen molar-refractivity contribution >= 4 is 21.8 Å². The zero-order chi connectivity index (χ0) is 11.3. The van der Waals surface area contributed by atoms with Gasteiger partial charge in [-0.15, -0.1) is 0 Å². The van der Waals surface area contributed by atoms with Crippen LogP contribution in [0.1, 0.15) is 33.1 Å². The van der Waals surface area contributed by atoms with Crippen LogP contribution in [-0.2, 0) is 9.53 Å². The Balaban J connectivity index is 2.46. The summed E-state index contributed by atoms with van der Waals surface area (Å²) in [5.41, 5.74) is -0.116. The summed E-state index contributed by atoms with van der Waals surface area (Å²) >= 11 is 3.45. The first-order valence-electron chi connectivity index (χ1n) is 5.57. The normalized spacial score (nSPS) is 22.1. The molecule has 0 aliphatic carbocycles. The summed E-state index contributed by atoms with van der Waals surface area (Å²) in [6.07, 6.45) is 2.65. The summed E-state index contributed by atoms with van der Waals surface area (Å²) in [4.78, 5) is 11.9. The molecule has 1 saturated heterocycles. The van der Waals surface area contributed by atoms with Gasteiger partial charge in [-0.25, -0.2) is 0 Å². The van der Waals surface area contributed by atoms with Crippen LogP contribution in [-0.4, -0.2) is 30.0 Å². The molecule has 88 valence electrons. The molecule has 1 heterocycles. The van der Waals surface area contributed by atoms with E-state index in [0.29, 0.717) is 0 Å². The van der Waals surface area contributed by atoms with Crippen LogP contribution in [0.4, 0.5) is 0 Å². The summed E-state index contributed by atoms with van der Waals surface area (Å²) in [5, 5.41) is 3.92. The first kappa shape index (κ1) is 13.0. The van der Waals surface area contributed by atoms with Gasteiger partial charge in [-0.05, 0) is 26.2 Å². The molecule has 0 saturated carbocycles. The Kier molecular flexibility index (Phi) is 5.06. The molecular formula is C11H20BrNO2. The average molecular weight is 278 g/mol. The third-order valence-electron chi connectivity index (χ3n) is 3.09. The summed E-state index contributed by atoms with van der Waals surface area (Å²) in [5.74, 6) is 0.325. The molecule has 0 aromatic rings. The van der Waals surface area contributed by atoms with E-state index in [-0.39, 0.29) is 17.4 Å². The highest BCUT2D eigenvalue weighted by atomic mass is 79.9. The largest absolute Gasteiger partial charge is 0.381 e. The van der Waals surface area contributed by atoms with Gasteiger partial charge in [-0.3, -0.25) is 4.79 Å². The molecular weight excluding hydrogens is 258 g/mol. The van der Waals surface area contributed by atoms with Crippen molar-refractivity contribution in [1.82, 2.24) is 5.32 Å². The van der Waals surface area contributed by atoms with Crippen molar-refractivity contribution < 1.29 is 9.53 Å². The van der Waals surface area contributed by atoms with Gasteiger partial charge in [-0.2, -0.15) is 0 Å². The van der Waals surface area contributed by atoms with E-state index in [1.54, 1.807) is 0 Å². The molecule has 1 rings (SSSR count). The van der Waals surface area contributed by atoms with Crippen LogP contribution in [0.5, 0.6) is 0 Å². The van der Waals surface area contributed by atoms with Crippen LogP contribution in [0.2, 0.25) is 0 Å². The molecule has 0 bridgehead atoms. The smallest absolute Gasteiger partial charge is 0.223 e. The molecule has 1 amide bonds. The first-order valence-corrected chi connectivity index (χ1v) is 6.69. The van der Waals surface area contributed by atoms with Crippen molar-refractivity contribution in [2.45, 2.75) is 38.6 Å². The number of amides is 1. The van der Waals surface area contributed by atoms with Gasteiger partial charge >= 0.3 is 0 Å². The van der Waals surface area contributed by atoms with E-state index in [1.807, 2.05) is 0 Å². The monoisotopic (exact) mass is 277 g/mol. The molecule has 0 spiro atoms. The van der Waals surface area contributed by atoms with E-state index in [1.165, 1.54) is 0 Å². The molecule has 1 aliphatic rings. The predicted molar refractivity (Wildman–Crippen MR) is 64.2 cm³/mol. The highest BCUT2D eigenvalue weighted by Gasteiger charge is 2.28. The fourth-order valence-electron chi connectivity index (χ4n) is 1.58. The van der Waals surface area contributed by atoms with E-state index in [9.17, 15) is 4.79 Å². The van der Waals surface area contributed by atoms with Crippen molar-refractivity contribution in [3.63, 3.8) is 0 Å². The lowest BCUT2D eigenvalue weighted by atomic mass is 9.96. The maximum atomic E-state index is 11.9. The van der Waals surface area contributed by atoms with Crippen molar-refractivity contribution in [2.75, 3.05) is 18.5 Å². The van der Waals surface area contributed by atoms with Crippen LogP contribution in [0, 0.1) is 5.92 Å². The molecule has 1 unspecified atom stereocenters. The predicted octanol–water partition coefficient (Wildman–Crippen LogP) is 2.09. The Hall–Kier alpha value is -0.0900. The van der Waals surface area contributed by atoms with Gasteiger partial charge in [0.25, 0.3) is 0 Å². The van der Waals surface area contributed by atoms with E-state index in [2.05, 4.69) is 35.1 Å². The van der Waals surface area contributed by atoms with Crippen molar-refractivity contribution in [3.8, 4) is 0 Å². The highest BCUT2D eigenvalue weighted by molar-refractivity contribution is 9.09. The SMILES string of the molecule is CCC(C)(CBr)NC(=O)C1CCOCC1. The molecule has 1 N–H and O–H groups in total. The van der Waals surface area contributed by atoms with Gasteiger partial charge in [-0.1, -0.05) is 22.9 Å². The van der Waals surface area contributed by atoms with Gasteiger partial charge in [0, 0.05) is 30.0 Å². The second-order valence-electron chi connectivity index (χ2n) is 4.42. The second kappa shape index (κ2) is 5.85. The number of ether oxygens (including phenoxy) is 1. The number of alkyl halides is 1. The van der Waals surface area contributed by atoms with E-state index >= 15 is 0 Å². The Morgan fingerprint density at radius 3 is 2.60 bits per heavy atom. The Labute approximate surface area is 100 Å². The topological polar surface area (TPSA) is 38.3 Å². The molecule has 1 atom stereocenters. The first-order chi connectivity index (χ1) is 7.11. The zero-order valence-corrected chi connectivity index (χ0v) is 11.1. The third kappa shape index (κ3) is 3.76. The maximum absolute atomic E-state index is 11.9. The summed E-state index contributed by atoms with van der Waals surface area (Å²) in [6.45, 7) is 5.59. The van der Waals surface area contributed by atoms with Gasteiger partial charge in [0.2, 0.25) is 5.91 Å². The van der Waals surface area contributed by atoms with Gasteiger partial charge < -0.3 is 10.1 Å². The van der Waals surface area contributed by atoms with Crippen LogP contribution in [0.3, 0.4) is 0 Å². The molecule has 4 heteroatoms. The molecule has 1 fully saturated rings. The molecule has 0 aromatic heterocycles. The van der Waals surface area contributed by atoms with E-state index < -0.39 is 0 Å². The number of hydrogen-bond donors (Lipinski definition) is 1. The number of hydrogen-bond acceptors (Lipinski definition) is 2. The number of halogens is 1. The van der Waals surface area contributed by atoms with Crippen molar-refractivity contribution in [2.24, 2.45) is 5.92 Å². The zero-order valence-electron chi connectivity index (χ0n) is 9.51. The Bertz CT molecular complexity index is 211. The quantitative estimate of drug-likeness (QED) is 0.800. The fraction of sp³-hybridized carbons (Fsp3) is 0.909. The van der Waals surface area contributed by atoms with Gasteiger partial charge in [0.15, 0.2) is 0 Å². The minimum Gasteiger partial charge on any atom is -0.381 e. The number of carbonyl (C=O) groups is 1. The van der Waals surface area contributed by atoms with Crippen LogP contribution in [0.15, 0.2) is 0 Å². The number of rotatable bonds is 4. The van der Waals surface area contributed by atoms with Gasteiger partial charge in [0.1, 0.15) is 0 Å². The third-order valence-corrected chi connectivity index (χ3v) is 4.33. The minimum atomic E-state index is -0.116. The average Bonchev–Trinajstić information content (AvgIpc) is 2.30. The second-order valence-corrected chi connectivity index (χ2v) is 4.98. The minimum absolute atomic E-state index is 0.116. The summed E-state index contributed by atoms with van der Waals surface area (Å²) < 4.78 is 5.24. The molecule has 0 radical (unpaired) electrons. The van der Waals surface area contributed by atoms with Crippen LogP contribution >= 0.6 is 15.9 Å². The molecule has 3 nitrogen and oxygen atoms in total. The number of nitrogens with one attached hydrogen (secondary N) is 1. The molecule has 1 aliphatic heterocycles. The van der Waals surface area contributed by atoms with Gasteiger partial charge in [0.05, 0.1) is 0 Å². The Morgan fingerprint density at radius 1 is 1.53 bits per heavy atom. The fourth-order valence-corrected chi connectivity index (χ4v) is 2.11. The standard InChI is InChI=1S/C11H20BrNO2/c1-3-11(2,8-12)13-10(14)9-4-6-15-7-5-9/h9H,3-8H2,1-2H3,(H,13,14). The lowest BCUT2D eigenvalue weighted by molar-refractivity contribution is -0.129. The summed E-state index contributed by atoms with van der Waals surface area (Å²) in [6, 6.07) is 0. The van der Waals surface area contributed by atoms with E-state index in [4.69, 9.17) is 4.74 Å². The van der Waals surface area contributed by atoms with Crippen molar-refractivity contribution in [3.05, 3.63) is 0 Å². The van der Waals surface area contributed by atoms with Crippen LogP contribution in [0.25, 0.3) is 0 Å². The van der Waals surface area contributed by atoms with E-state index in [0.717, 1.165) is 37.8 Å². The maximum Gasteiger partial charge on any atom is 0.223 e. The summed E-state index contributed by atoms with van der Waals surface area (Å²) in [7, 11) is 0. The van der Waals surface area contributed by atoms with Crippen molar-refractivity contribution in [1.29, 1.82) is 0 Å². The Morgan fingerprint density at radius 2 is 2.13 bits per heavy atom. The molecule has 15 heavy (non-hydrogen) atoms. The highest BCUT2D eigenvalue weighted by Crippen LogP contribution is 2.18. The lowest BCUT2D eigenvalue weighted by Crippen LogP contribution is -2.49. The number of carbonyl (C=O) groups excluding carboxylic acids is 1. The lowest BCUT2D eigenvalue weighted by Gasteiger charge is -2.31. The van der Waals surface area contributed by atoms with Crippen LogP contribution < -0.4 is 5.32 Å².